The molecule has 0 spiro atoms. The fourth-order valence-corrected chi connectivity index (χ4v) is 3.93. The summed E-state index contributed by atoms with van der Waals surface area (Å²) in [5, 5.41) is 0. The van der Waals surface area contributed by atoms with Gasteiger partial charge in [0.2, 0.25) is 0 Å². The van der Waals surface area contributed by atoms with E-state index in [-0.39, 0.29) is 10.3 Å². The number of nitrogens with zero attached hydrogens (tertiary/aromatic N) is 2. The predicted molar refractivity (Wildman–Crippen MR) is 102 cm³/mol. The Morgan fingerprint density at radius 3 is 2.43 bits per heavy atom. The van der Waals surface area contributed by atoms with Gasteiger partial charge in [-0.2, -0.15) is 4.99 Å². The molecule has 3 rings (SSSR count). The second-order valence-electron chi connectivity index (χ2n) is 6.22. The fraction of sp³-hybridized carbons (Fsp3) is 0.250. The summed E-state index contributed by atoms with van der Waals surface area (Å²) in [6.07, 6.45) is 0.323. The third kappa shape index (κ3) is 3.73. The monoisotopic (exact) mass is 404 g/mol. The summed E-state index contributed by atoms with van der Waals surface area (Å²) in [5.74, 6) is -3.13. The zero-order valence-electron chi connectivity index (χ0n) is 15.5. The summed E-state index contributed by atoms with van der Waals surface area (Å²) in [6, 6.07) is 8.08. The van der Waals surface area contributed by atoms with Crippen LogP contribution < -0.4 is 4.80 Å². The minimum absolute atomic E-state index is 0.169. The maximum Gasteiger partial charge on any atom is 0.328 e. The van der Waals surface area contributed by atoms with E-state index in [2.05, 4.69) is 4.99 Å². The highest BCUT2D eigenvalue weighted by Crippen LogP contribution is 2.26. The van der Waals surface area contributed by atoms with Crippen molar-refractivity contribution < 1.29 is 23.1 Å². The van der Waals surface area contributed by atoms with E-state index in [0.717, 1.165) is 29.0 Å². The van der Waals surface area contributed by atoms with Crippen LogP contribution in [0.2, 0.25) is 0 Å². The number of methoxy groups -OCH3 is 1. The van der Waals surface area contributed by atoms with Gasteiger partial charge in [-0.15, -0.1) is 0 Å². The van der Waals surface area contributed by atoms with Gasteiger partial charge in [0.15, 0.2) is 16.4 Å². The molecular weight excluding hydrogens is 386 g/mol. The number of hydrogen-bond donors (Lipinski definition) is 0. The maximum atomic E-state index is 13.9. The maximum absolute atomic E-state index is 13.9. The van der Waals surface area contributed by atoms with Gasteiger partial charge in [-0.3, -0.25) is 4.79 Å². The third-order valence-corrected chi connectivity index (χ3v) is 5.35. The van der Waals surface area contributed by atoms with Gasteiger partial charge in [0, 0.05) is 11.6 Å². The lowest BCUT2D eigenvalue weighted by Gasteiger charge is -2.15. The number of amides is 1. The topological polar surface area (TPSA) is 60.7 Å². The zero-order valence-corrected chi connectivity index (χ0v) is 16.3. The van der Waals surface area contributed by atoms with Gasteiger partial charge in [-0.1, -0.05) is 36.0 Å². The third-order valence-electron chi connectivity index (χ3n) is 4.34. The van der Waals surface area contributed by atoms with Crippen molar-refractivity contribution in [2.24, 2.45) is 4.99 Å². The second-order valence-corrected chi connectivity index (χ2v) is 7.23. The zero-order chi connectivity index (χ0) is 20.4. The predicted octanol–water partition coefficient (Wildman–Crippen LogP) is 4.15. The van der Waals surface area contributed by atoms with Crippen LogP contribution in [0.3, 0.4) is 0 Å². The Morgan fingerprint density at radius 1 is 1.18 bits per heavy atom. The molecule has 28 heavy (non-hydrogen) atoms. The molecule has 5 nitrogen and oxygen atoms in total. The van der Waals surface area contributed by atoms with Crippen LogP contribution in [0, 0.1) is 18.6 Å². The molecule has 8 heteroatoms. The summed E-state index contributed by atoms with van der Waals surface area (Å²) in [4.78, 5) is 29.2. The van der Waals surface area contributed by atoms with Crippen molar-refractivity contribution in [1.29, 1.82) is 0 Å². The first-order valence-electron chi connectivity index (χ1n) is 8.59. The first-order valence-corrected chi connectivity index (χ1v) is 9.41. The molecule has 1 atom stereocenters. The molecule has 0 bridgehead atoms. The number of hydrogen-bond acceptors (Lipinski definition) is 4. The first kappa shape index (κ1) is 19.9. The van der Waals surface area contributed by atoms with E-state index in [1.807, 2.05) is 6.92 Å². The number of carbonyl (C=O) groups excluding carboxylic acids is 2. The molecule has 0 N–H and O–H groups in total. The summed E-state index contributed by atoms with van der Waals surface area (Å²) < 4.78 is 34.2. The Morgan fingerprint density at radius 2 is 1.82 bits per heavy atom. The van der Waals surface area contributed by atoms with Crippen LogP contribution in [0.15, 0.2) is 41.4 Å². The molecule has 0 aliphatic rings. The second kappa shape index (κ2) is 8.02. The van der Waals surface area contributed by atoms with Crippen LogP contribution in [-0.2, 0) is 9.53 Å². The van der Waals surface area contributed by atoms with Crippen LogP contribution in [0.25, 0.3) is 10.2 Å². The summed E-state index contributed by atoms with van der Waals surface area (Å²) in [6.45, 7) is 3.65. The molecule has 0 saturated carbocycles. The average molecular weight is 404 g/mol. The smallest absolute Gasteiger partial charge is 0.328 e. The molecule has 3 aromatic rings. The van der Waals surface area contributed by atoms with Crippen molar-refractivity contribution >= 4 is 33.4 Å². The van der Waals surface area contributed by atoms with Crippen molar-refractivity contribution in [2.45, 2.75) is 26.3 Å². The highest BCUT2D eigenvalue weighted by atomic mass is 32.1. The van der Waals surface area contributed by atoms with E-state index in [4.69, 9.17) is 4.74 Å². The van der Waals surface area contributed by atoms with Crippen molar-refractivity contribution in [3.8, 4) is 0 Å². The first-order chi connectivity index (χ1) is 13.3. The van der Waals surface area contributed by atoms with E-state index in [1.165, 1.54) is 11.7 Å². The van der Waals surface area contributed by atoms with Gasteiger partial charge in [-0.25, -0.2) is 13.6 Å². The summed E-state index contributed by atoms with van der Waals surface area (Å²) in [7, 11) is 1.24. The van der Waals surface area contributed by atoms with Crippen LogP contribution >= 0.6 is 11.3 Å². The number of aromatic nitrogens is 1. The minimum atomic E-state index is -1.05. The molecule has 0 fully saturated rings. The number of ether oxygens (including phenoxy) is 1. The quantitative estimate of drug-likeness (QED) is 0.614. The van der Waals surface area contributed by atoms with Gasteiger partial charge in [0.25, 0.3) is 5.91 Å². The lowest BCUT2D eigenvalue weighted by atomic mass is 10.1. The fourth-order valence-electron chi connectivity index (χ4n) is 2.85. The Labute approximate surface area is 163 Å². The summed E-state index contributed by atoms with van der Waals surface area (Å²) in [5.41, 5.74) is 1.64. The molecule has 1 heterocycles. The lowest BCUT2D eigenvalue weighted by molar-refractivity contribution is -0.144. The Bertz CT molecular complexity index is 1120. The molecule has 2 aromatic carbocycles. The lowest BCUT2D eigenvalue weighted by Crippen LogP contribution is -2.28. The van der Waals surface area contributed by atoms with E-state index >= 15 is 0 Å². The van der Waals surface area contributed by atoms with Crippen molar-refractivity contribution in [2.75, 3.05) is 7.11 Å². The van der Waals surface area contributed by atoms with Crippen molar-refractivity contribution in [1.82, 2.24) is 4.57 Å². The van der Waals surface area contributed by atoms with Gasteiger partial charge in [-0.05, 0) is 31.5 Å². The van der Waals surface area contributed by atoms with Gasteiger partial charge in [0.05, 0.1) is 17.3 Å². The number of halogens is 2. The van der Waals surface area contributed by atoms with Crippen LogP contribution in [0.1, 0.15) is 35.3 Å². The van der Waals surface area contributed by atoms with Gasteiger partial charge >= 0.3 is 5.97 Å². The van der Waals surface area contributed by atoms with E-state index in [9.17, 15) is 18.4 Å². The number of fused-ring (bicyclic) bond motifs is 1. The highest BCUT2D eigenvalue weighted by Gasteiger charge is 2.24. The Kier molecular flexibility index (Phi) is 5.69. The number of carbonyl (C=O) groups is 2. The highest BCUT2D eigenvalue weighted by molar-refractivity contribution is 7.16. The van der Waals surface area contributed by atoms with Crippen molar-refractivity contribution in [3.05, 3.63) is 64.0 Å². The van der Waals surface area contributed by atoms with E-state index in [0.29, 0.717) is 16.7 Å². The Balaban J connectivity index is 2.25. The summed E-state index contributed by atoms with van der Waals surface area (Å²) >= 11 is 1.01. The molecule has 146 valence electrons. The molecule has 1 unspecified atom stereocenters. The van der Waals surface area contributed by atoms with Crippen LogP contribution in [0.4, 0.5) is 8.78 Å². The van der Waals surface area contributed by atoms with E-state index in [1.54, 1.807) is 31.2 Å². The number of aryl methyl sites for hydroxylation is 1. The number of thiazole rings is 1. The van der Waals surface area contributed by atoms with E-state index < -0.39 is 29.6 Å². The van der Waals surface area contributed by atoms with Crippen molar-refractivity contribution in [3.63, 3.8) is 0 Å². The molecule has 0 aliphatic heterocycles. The molecule has 1 aromatic heterocycles. The largest absolute Gasteiger partial charge is 0.467 e. The molecule has 0 radical (unpaired) electrons. The molecule has 0 aliphatic carbocycles. The number of benzene rings is 2. The molecule has 1 amide bonds. The normalized spacial score (nSPS) is 13.0. The Hall–Kier alpha value is -2.87. The molecule has 0 saturated heterocycles. The van der Waals surface area contributed by atoms with Gasteiger partial charge < -0.3 is 9.30 Å². The SMILES string of the molecule is CCC(C(=O)OC)n1c(=NC(=O)c2ccc(C)cc2)sc2cc(F)c(F)cc21. The number of rotatable bonds is 4. The standard InChI is InChI=1S/C20H18F2N2O3S/c1-4-15(19(26)27-3)24-16-9-13(21)14(22)10-17(16)28-20(24)23-18(25)12-7-5-11(2)6-8-12/h5-10,15H,4H2,1-3H3. The molecular formula is C20H18F2N2O3S. The van der Waals surface area contributed by atoms with Crippen LogP contribution in [-0.4, -0.2) is 23.6 Å². The average Bonchev–Trinajstić information content (AvgIpc) is 3.00. The van der Waals surface area contributed by atoms with Gasteiger partial charge in [0.1, 0.15) is 6.04 Å². The van der Waals surface area contributed by atoms with Crippen LogP contribution in [0.5, 0.6) is 0 Å². The minimum Gasteiger partial charge on any atom is -0.467 e. The number of esters is 1.